The molecule has 0 radical (unpaired) electrons. The van der Waals surface area contributed by atoms with Crippen LogP contribution in [0.25, 0.3) is 10.2 Å². The summed E-state index contributed by atoms with van der Waals surface area (Å²) in [4.78, 5) is 38.8. The topological polar surface area (TPSA) is 91.6 Å². The number of carbonyl (C=O) groups excluding carboxylic acids is 1. The third kappa shape index (κ3) is 4.83. The SMILES string of the molecule is COc1ccc(CNC(=O)Cn2c(=O)n(Cc3ccc(OC)cc3)c(=O)c3sccc32)cc1. The molecule has 0 fully saturated rings. The summed E-state index contributed by atoms with van der Waals surface area (Å²) >= 11 is 1.25. The lowest BCUT2D eigenvalue weighted by atomic mass is 10.2. The maximum atomic E-state index is 13.2. The van der Waals surface area contributed by atoms with Gasteiger partial charge in [0, 0.05) is 6.54 Å². The second kappa shape index (κ2) is 9.74. The number of nitrogens with zero attached hydrogens (tertiary/aromatic N) is 2. The number of ether oxygens (including phenoxy) is 2. The molecule has 170 valence electrons. The molecule has 9 heteroatoms. The van der Waals surface area contributed by atoms with Crippen molar-refractivity contribution in [1.82, 2.24) is 14.5 Å². The van der Waals surface area contributed by atoms with Crippen molar-refractivity contribution < 1.29 is 14.3 Å². The van der Waals surface area contributed by atoms with Crippen LogP contribution >= 0.6 is 11.3 Å². The Morgan fingerprint density at radius 2 is 1.48 bits per heavy atom. The van der Waals surface area contributed by atoms with Gasteiger partial charge in [-0.15, -0.1) is 11.3 Å². The minimum atomic E-state index is -0.527. The lowest BCUT2D eigenvalue weighted by molar-refractivity contribution is -0.121. The van der Waals surface area contributed by atoms with Crippen molar-refractivity contribution >= 4 is 27.5 Å². The molecule has 0 aliphatic heterocycles. The summed E-state index contributed by atoms with van der Waals surface area (Å²) in [5.41, 5.74) is 1.25. The molecule has 0 saturated carbocycles. The van der Waals surface area contributed by atoms with E-state index in [1.165, 1.54) is 15.9 Å². The van der Waals surface area contributed by atoms with Gasteiger partial charge in [-0.3, -0.25) is 18.7 Å². The average Bonchev–Trinajstić information content (AvgIpc) is 3.34. The quantitative estimate of drug-likeness (QED) is 0.432. The molecular weight excluding hydrogens is 442 g/mol. The Morgan fingerprint density at radius 3 is 2.09 bits per heavy atom. The van der Waals surface area contributed by atoms with E-state index in [1.54, 1.807) is 49.9 Å². The summed E-state index contributed by atoms with van der Waals surface area (Å²) in [7, 11) is 3.16. The molecule has 2 heterocycles. The van der Waals surface area contributed by atoms with Crippen molar-refractivity contribution in [2.45, 2.75) is 19.6 Å². The zero-order valence-electron chi connectivity index (χ0n) is 18.2. The number of amides is 1. The predicted octanol–water partition coefficient (Wildman–Crippen LogP) is 2.61. The first-order valence-electron chi connectivity index (χ1n) is 10.2. The first kappa shape index (κ1) is 22.3. The summed E-state index contributed by atoms with van der Waals surface area (Å²) in [6.07, 6.45) is 0. The van der Waals surface area contributed by atoms with Gasteiger partial charge in [-0.2, -0.15) is 0 Å². The second-order valence-corrected chi connectivity index (χ2v) is 8.28. The summed E-state index contributed by atoms with van der Waals surface area (Å²) in [5.74, 6) is 1.09. The van der Waals surface area contributed by atoms with Crippen LogP contribution in [0.4, 0.5) is 0 Å². The fraction of sp³-hybridized carbons (Fsp3) is 0.208. The van der Waals surface area contributed by atoms with E-state index >= 15 is 0 Å². The van der Waals surface area contributed by atoms with Crippen LogP contribution < -0.4 is 26.0 Å². The van der Waals surface area contributed by atoms with Gasteiger partial charge < -0.3 is 14.8 Å². The van der Waals surface area contributed by atoms with Crippen LogP contribution in [0.15, 0.2) is 69.6 Å². The number of hydrogen-bond donors (Lipinski definition) is 1. The number of rotatable bonds is 8. The Hall–Kier alpha value is -3.85. The monoisotopic (exact) mass is 465 g/mol. The molecule has 0 bridgehead atoms. The molecule has 2 aromatic carbocycles. The first-order valence-corrected chi connectivity index (χ1v) is 11.1. The molecule has 1 amide bonds. The van der Waals surface area contributed by atoms with Gasteiger partial charge in [-0.05, 0) is 46.8 Å². The van der Waals surface area contributed by atoms with Crippen molar-refractivity contribution in [3.8, 4) is 11.5 Å². The highest BCUT2D eigenvalue weighted by Gasteiger charge is 2.16. The van der Waals surface area contributed by atoms with Crippen LogP contribution in [-0.4, -0.2) is 29.3 Å². The summed E-state index contributed by atoms with van der Waals surface area (Å²) < 4.78 is 13.2. The molecule has 4 aromatic rings. The first-order chi connectivity index (χ1) is 16.0. The van der Waals surface area contributed by atoms with Crippen LogP contribution in [-0.2, 0) is 24.4 Å². The van der Waals surface area contributed by atoms with Crippen molar-refractivity contribution in [2.24, 2.45) is 0 Å². The van der Waals surface area contributed by atoms with Gasteiger partial charge in [0.25, 0.3) is 5.56 Å². The highest BCUT2D eigenvalue weighted by molar-refractivity contribution is 7.17. The van der Waals surface area contributed by atoms with Crippen LogP contribution in [0.5, 0.6) is 11.5 Å². The van der Waals surface area contributed by atoms with E-state index in [1.807, 2.05) is 24.3 Å². The molecule has 8 nitrogen and oxygen atoms in total. The van der Waals surface area contributed by atoms with Crippen molar-refractivity contribution in [3.63, 3.8) is 0 Å². The molecule has 1 N–H and O–H groups in total. The number of carbonyl (C=O) groups is 1. The highest BCUT2D eigenvalue weighted by atomic mass is 32.1. The Balaban J connectivity index is 1.58. The van der Waals surface area contributed by atoms with Gasteiger partial charge in [0.2, 0.25) is 5.91 Å². The maximum Gasteiger partial charge on any atom is 0.332 e. The van der Waals surface area contributed by atoms with Crippen LogP contribution in [0.3, 0.4) is 0 Å². The third-order valence-corrected chi connectivity index (χ3v) is 6.18. The van der Waals surface area contributed by atoms with Gasteiger partial charge in [0.15, 0.2) is 0 Å². The molecule has 0 aliphatic rings. The molecule has 0 unspecified atom stereocenters. The molecule has 0 aliphatic carbocycles. The van der Waals surface area contributed by atoms with Gasteiger partial charge in [-0.1, -0.05) is 24.3 Å². The largest absolute Gasteiger partial charge is 0.497 e. The summed E-state index contributed by atoms with van der Waals surface area (Å²) in [6, 6.07) is 16.2. The summed E-state index contributed by atoms with van der Waals surface area (Å²) in [5, 5.41) is 4.57. The van der Waals surface area contributed by atoms with Crippen molar-refractivity contribution in [2.75, 3.05) is 14.2 Å². The highest BCUT2D eigenvalue weighted by Crippen LogP contribution is 2.16. The zero-order chi connectivity index (χ0) is 23.4. The second-order valence-electron chi connectivity index (χ2n) is 7.37. The smallest absolute Gasteiger partial charge is 0.332 e. The molecule has 0 saturated heterocycles. The number of benzene rings is 2. The number of fused-ring (bicyclic) bond motifs is 1. The van der Waals surface area contributed by atoms with Gasteiger partial charge in [-0.25, -0.2) is 4.79 Å². The Bertz CT molecular complexity index is 1390. The summed E-state index contributed by atoms with van der Waals surface area (Å²) in [6.45, 7) is 0.226. The standard InChI is InChI=1S/C24H23N3O5S/c1-31-18-7-3-16(4-8-18)13-25-21(28)15-26-20-11-12-33-22(20)23(29)27(24(26)30)14-17-5-9-19(32-2)10-6-17/h3-12H,13-15H2,1-2H3,(H,25,28). The molecule has 2 aromatic heterocycles. The van der Waals surface area contributed by atoms with E-state index in [2.05, 4.69) is 5.32 Å². The Labute approximate surface area is 193 Å². The van der Waals surface area contributed by atoms with Crippen molar-refractivity contribution in [3.05, 3.63) is 91.9 Å². The Morgan fingerprint density at radius 1 is 0.879 bits per heavy atom. The van der Waals surface area contributed by atoms with Gasteiger partial charge in [0.1, 0.15) is 22.7 Å². The third-order valence-electron chi connectivity index (χ3n) is 5.29. The van der Waals surface area contributed by atoms with E-state index < -0.39 is 5.69 Å². The Kier molecular flexibility index (Phi) is 6.60. The molecular formula is C24H23N3O5S. The van der Waals surface area contributed by atoms with E-state index in [0.717, 1.165) is 21.4 Å². The van der Waals surface area contributed by atoms with E-state index in [4.69, 9.17) is 9.47 Å². The minimum Gasteiger partial charge on any atom is -0.497 e. The molecule has 33 heavy (non-hydrogen) atoms. The van der Waals surface area contributed by atoms with E-state index in [0.29, 0.717) is 22.5 Å². The number of hydrogen-bond acceptors (Lipinski definition) is 6. The van der Waals surface area contributed by atoms with E-state index in [9.17, 15) is 14.4 Å². The number of methoxy groups -OCH3 is 2. The lowest BCUT2D eigenvalue weighted by Crippen LogP contribution is -2.42. The molecule has 0 spiro atoms. The van der Waals surface area contributed by atoms with E-state index in [-0.39, 0.29) is 24.6 Å². The maximum absolute atomic E-state index is 13.2. The number of thiophene rings is 1. The molecule has 0 atom stereocenters. The minimum absolute atomic E-state index is 0.100. The number of nitrogens with one attached hydrogen (secondary N) is 1. The predicted molar refractivity (Wildman–Crippen MR) is 127 cm³/mol. The molecule has 4 rings (SSSR count). The van der Waals surface area contributed by atoms with Crippen LogP contribution in [0.2, 0.25) is 0 Å². The normalized spacial score (nSPS) is 10.8. The fourth-order valence-electron chi connectivity index (χ4n) is 3.48. The van der Waals surface area contributed by atoms with Crippen molar-refractivity contribution in [1.29, 1.82) is 0 Å². The van der Waals surface area contributed by atoms with Crippen LogP contribution in [0.1, 0.15) is 11.1 Å². The van der Waals surface area contributed by atoms with Gasteiger partial charge >= 0.3 is 5.69 Å². The number of aromatic nitrogens is 2. The average molecular weight is 466 g/mol. The lowest BCUT2D eigenvalue weighted by Gasteiger charge is -2.13. The van der Waals surface area contributed by atoms with Crippen LogP contribution in [0, 0.1) is 0 Å². The fourth-order valence-corrected chi connectivity index (χ4v) is 4.33. The van der Waals surface area contributed by atoms with Gasteiger partial charge in [0.05, 0.1) is 26.3 Å². The zero-order valence-corrected chi connectivity index (χ0v) is 19.1.